The summed E-state index contributed by atoms with van der Waals surface area (Å²) in [4.78, 5) is 27.9. The Morgan fingerprint density at radius 1 is 0.895 bits per heavy atom. The fraction of sp³-hybridized carbons (Fsp3) is 0.231. The van der Waals surface area contributed by atoms with Gasteiger partial charge >= 0.3 is 0 Å². The predicted octanol–water partition coefficient (Wildman–Crippen LogP) is 6.05. The van der Waals surface area contributed by atoms with Gasteiger partial charge in [0.15, 0.2) is 0 Å². The van der Waals surface area contributed by atoms with Crippen LogP contribution in [0.1, 0.15) is 18.9 Å². The van der Waals surface area contributed by atoms with Gasteiger partial charge in [0.05, 0.1) is 10.6 Å². The summed E-state index contributed by atoms with van der Waals surface area (Å²) in [6.45, 7) is 1.00. The van der Waals surface area contributed by atoms with Gasteiger partial charge in [-0.1, -0.05) is 65.5 Å². The lowest BCUT2D eigenvalue weighted by molar-refractivity contribution is -0.140. The third-order valence-corrected chi connectivity index (χ3v) is 8.78. The van der Waals surface area contributed by atoms with E-state index < -0.39 is 34.4 Å². The Hall–Kier alpha value is -2.49. The number of carbonyl (C=O) groups is 2. The van der Waals surface area contributed by atoms with Crippen LogP contribution in [0.25, 0.3) is 0 Å². The molecule has 0 spiro atoms. The Balaban J connectivity index is 2.10. The average molecular weight is 617 g/mol. The molecular weight excluding hydrogens is 592 g/mol. The summed E-state index contributed by atoms with van der Waals surface area (Å²) in [5.74, 6) is -1.06. The highest BCUT2D eigenvalue weighted by Gasteiger charge is 2.34. The van der Waals surface area contributed by atoms with E-state index in [0.29, 0.717) is 20.6 Å². The lowest BCUT2D eigenvalue weighted by Crippen LogP contribution is -2.51. The number of nitrogens with one attached hydrogen (secondary N) is 1. The zero-order valence-electron chi connectivity index (χ0n) is 20.5. The maximum absolute atomic E-state index is 13.9. The Morgan fingerprint density at radius 3 is 2.05 bits per heavy atom. The Kier molecular flexibility index (Phi) is 10.3. The standard InChI is InChI=1S/C26H25Cl4N3O4S/c1-3-24(26(35)31-2)32(15-21-22(29)8-5-9-23(21)30)25(34)16-33(19-7-4-6-18(28)14-19)38(36,37)20-12-10-17(27)11-13-20/h4-14,24H,3,15-16H2,1-2H3,(H,31,35)/t24-/m0/s1. The highest BCUT2D eigenvalue weighted by Crippen LogP contribution is 2.30. The molecule has 3 aromatic rings. The number of benzene rings is 3. The highest BCUT2D eigenvalue weighted by molar-refractivity contribution is 7.92. The summed E-state index contributed by atoms with van der Waals surface area (Å²) in [6.07, 6.45) is 0.259. The monoisotopic (exact) mass is 615 g/mol. The number of likely N-dealkylation sites (N-methyl/N-ethyl adjacent to an activating group) is 1. The minimum absolute atomic E-state index is 0.0753. The fourth-order valence-electron chi connectivity index (χ4n) is 3.83. The van der Waals surface area contributed by atoms with Crippen molar-refractivity contribution >= 4 is 73.9 Å². The highest BCUT2D eigenvalue weighted by atomic mass is 35.5. The van der Waals surface area contributed by atoms with Crippen LogP contribution in [0.5, 0.6) is 0 Å². The molecule has 2 amide bonds. The normalized spacial score (nSPS) is 12.1. The number of sulfonamides is 1. The van der Waals surface area contributed by atoms with Crippen LogP contribution in [0.15, 0.2) is 71.6 Å². The van der Waals surface area contributed by atoms with Gasteiger partial charge in [-0.2, -0.15) is 0 Å². The first-order valence-corrected chi connectivity index (χ1v) is 14.4. The molecule has 12 heteroatoms. The largest absolute Gasteiger partial charge is 0.357 e. The second kappa shape index (κ2) is 13.0. The van der Waals surface area contributed by atoms with E-state index in [2.05, 4.69) is 5.32 Å². The SMILES string of the molecule is CC[C@@H](C(=O)NC)N(Cc1c(Cl)cccc1Cl)C(=O)CN(c1cccc(Cl)c1)S(=O)(=O)c1ccc(Cl)cc1. The van der Waals surface area contributed by atoms with Crippen molar-refractivity contribution in [3.05, 3.63) is 92.4 Å². The summed E-state index contributed by atoms with van der Waals surface area (Å²) >= 11 is 24.9. The van der Waals surface area contributed by atoms with E-state index in [1.807, 2.05) is 0 Å². The molecule has 3 aromatic carbocycles. The maximum Gasteiger partial charge on any atom is 0.264 e. The molecule has 1 N–H and O–H groups in total. The molecule has 0 bridgehead atoms. The van der Waals surface area contributed by atoms with Crippen molar-refractivity contribution in [1.82, 2.24) is 10.2 Å². The van der Waals surface area contributed by atoms with Crippen LogP contribution in [0.4, 0.5) is 5.69 Å². The van der Waals surface area contributed by atoms with Gasteiger partial charge in [-0.05, 0) is 61.0 Å². The van der Waals surface area contributed by atoms with E-state index in [-0.39, 0.29) is 28.6 Å². The van der Waals surface area contributed by atoms with Crippen molar-refractivity contribution in [3.8, 4) is 0 Å². The van der Waals surface area contributed by atoms with Gasteiger partial charge in [0.2, 0.25) is 11.8 Å². The van der Waals surface area contributed by atoms with Gasteiger partial charge in [-0.3, -0.25) is 13.9 Å². The van der Waals surface area contributed by atoms with Crippen molar-refractivity contribution in [3.63, 3.8) is 0 Å². The number of nitrogens with zero attached hydrogens (tertiary/aromatic N) is 2. The summed E-state index contributed by atoms with van der Waals surface area (Å²) in [6, 6.07) is 15.7. The van der Waals surface area contributed by atoms with Gasteiger partial charge in [0, 0.05) is 39.2 Å². The van der Waals surface area contributed by atoms with Crippen molar-refractivity contribution in [2.75, 3.05) is 17.9 Å². The van der Waals surface area contributed by atoms with E-state index in [9.17, 15) is 18.0 Å². The minimum Gasteiger partial charge on any atom is -0.357 e. The molecule has 202 valence electrons. The quantitative estimate of drug-likeness (QED) is 0.300. The Morgan fingerprint density at radius 2 is 1.50 bits per heavy atom. The molecule has 38 heavy (non-hydrogen) atoms. The van der Waals surface area contributed by atoms with Crippen LogP contribution in [0.2, 0.25) is 20.1 Å². The Bertz CT molecular complexity index is 1400. The number of anilines is 1. The lowest BCUT2D eigenvalue weighted by Gasteiger charge is -2.33. The molecule has 0 saturated heterocycles. The summed E-state index contributed by atoms with van der Waals surface area (Å²) in [5, 5.41) is 3.81. The van der Waals surface area contributed by atoms with E-state index in [1.165, 1.54) is 48.3 Å². The van der Waals surface area contributed by atoms with Gasteiger partial charge in [-0.15, -0.1) is 0 Å². The molecule has 0 aromatic heterocycles. The third kappa shape index (κ3) is 6.93. The van der Waals surface area contributed by atoms with Crippen molar-refractivity contribution in [1.29, 1.82) is 0 Å². The first-order chi connectivity index (χ1) is 18.0. The van der Waals surface area contributed by atoms with Gasteiger partial charge in [-0.25, -0.2) is 8.42 Å². The predicted molar refractivity (Wildman–Crippen MR) is 153 cm³/mol. The van der Waals surface area contributed by atoms with Crippen LogP contribution in [-0.2, 0) is 26.2 Å². The molecular formula is C26H25Cl4N3O4S. The van der Waals surface area contributed by atoms with Crippen LogP contribution >= 0.6 is 46.4 Å². The Labute approximate surface area is 242 Å². The second-order valence-electron chi connectivity index (χ2n) is 8.21. The third-order valence-electron chi connectivity index (χ3n) is 5.80. The molecule has 1 atom stereocenters. The van der Waals surface area contributed by atoms with Crippen LogP contribution in [0.3, 0.4) is 0 Å². The molecule has 0 aliphatic heterocycles. The van der Waals surface area contributed by atoms with Gasteiger partial charge < -0.3 is 10.2 Å². The molecule has 0 heterocycles. The van der Waals surface area contributed by atoms with E-state index in [0.717, 1.165) is 4.31 Å². The van der Waals surface area contributed by atoms with Crippen molar-refractivity contribution in [2.24, 2.45) is 0 Å². The molecule has 7 nitrogen and oxygen atoms in total. The van der Waals surface area contributed by atoms with Crippen LogP contribution in [0, 0.1) is 0 Å². The van der Waals surface area contributed by atoms with Gasteiger partial charge in [0.1, 0.15) is 12.6 Å². The fourth-order valence-corrected chi connectivity index (χ4v) is 6.07. The topological polar surface area (TPSA) is 86.8 Å². The zero-order chi connectivity index (χ0) is 28.0. The minimum atomic E-state index is -4.25. The smallest absolute Gasteiger partial charge is 0.264 e. The van der Waals surface area contributed by atoms with Crippen LogP contribution in [-0.4, -0.2) is 44.8 Å². The molecule has 0 unspecified atom stereocenters. The number of rotatable bonds is 10. The van der Waals surface area contributed by atoms with E-state index in [1.54, 1.807) is 37.3 Å². The zero-order valence-corrected chi connectivity index (χ0v) is 24.3. The number of hydrogen-bond donors (Lipinski definition) is 1. The summed E-state index contributed by atoms with van der Waals surface area (Å²) in [5.41, 5.74) is 0.603. The van der Waals surface area contributed by atoms with Gasteiger partial charge in [0.25, 0.3) is 10.0 Å². The average Bonchev–Trinajstić information content (AvgIpc) is 2.88. The number of hydrogen-bond acceptors (Lipinski definition) is 4. The van der Waals surface area contributed by atoms with Crippen molar-refractivity contribution in [2.45, 2.75) is 30.8 Å². The second-order valence-corrected chi connectivity index (χ2v) is 11.8. The maximum atomic E-state index is 13.9. The number of halogens is 4. The summed E-state index contributed by atoms with van der Waals surface area (Å²) in [7, 11) is -2.79. The van der Waals surface area contributed by atoms with Crippen molar-refractivity contribution < 1.29 is 18.0 Å². The molecule has 0 aliphatic rings. The van der Waals surface area contributed by atoms with E-state index in [4.69, 9.17) is 46.4 Å². The lowest BCUT2D eigenvalue weighted by atomic mass is 10.1. The number of amides is 2. The van der Waals surface area contributed by atoms with Crippen LogP contribution < -0.4 is 9.62 Å². The summed E-state index contributed by atoms with van der Waals surface area (Å²) < 4.78 is 28.5. The van der Waals surface area contributed by atoms with E-state index >= 15 is 0 Å². The molecule has 0 radical (unpaired) electrons. The number of carbonyl (C=O) groups excluding carboxylic acids is 2. The molecule has 0 aliphatic carbocycles. The first-order valence-electron chi connectivity index (χ1n) is 11.5. The molecule has 3 rings (SSSR count). The molecule has 0 saturated carbocycles. The first kappa shape index (κ1) is 30.1. The molecule has 0 fully saturated rings.